The Bertz CT molecular complexity index is 1760. The third-order valence-corrected chi connectivity index (χ3v) is 7.80. The molecule has 2 amide bonds. The van der Waals surface area contributed by atoms with Gasteiger partial charge in [0.25, 0.3) is 17.5 Å². The number of rotatable bonds is 7. The van der Waals surface area contributed by atoms with E-state index in [-0.39, 0.29) is 51.2 Å². The Morgan fingerprint density at radius 1 is 1.12 bits per heavy atom. The summed E-state index contributed by atoms with van der Waals surface area (Å²) in [5.41, 5.74) is -1.58. The lowest BCUT2D eigenvalue weighted by atomic mass is 10.2. The molecule has 2 atom stereocenters. The number of amides is 2. The van der Waals surface area contributed by atoms with Gasteiger partial charge in [0.1, 0.15) is 6.20 Å². The van der Waals surface area contributed by atoms with Crippen LogP contribution in [0, 0.1) is 22.0 Å². The number of pyridine rings is 1. The number of carbonyl (C=O) groups is 2. The molecule has 1 saturated heterocycles. The number of anilines is 1. The van der Waals surface area contributed by atoms with Crippen LogP contribution in [-0.4, -0.2) is 60.2 Å². The topological polar surface area (TPSA) is 162 Å². The number of carbonyl (C=O) groups excluding carboxylic acids is 2. The van der Waals surface area contributed by atoms with Crippen LogP contribution in [0.5, 0.6) is 0 Å². The number of alkyl halides is 3. The quantitative estimate of drug-likeness (QED) is 0.210. The Labute approximate surface area is 245 Å². The van der Waals surface area contributed by atoms with Gasteiger partial charge in [-0.25, -0.2) is 14.6 Å². The Hall–Kier alpha value is -4.83. The molecule has 3 aromatic heterocycles. The van der Waals surface area contributed by atoms with Crippen molar-refractivity contribution in [3.05, 3.63) is 81.1 Å². The Morgan fingerprint density at radius 2 is 1.86 bits per heavy atom. The largest absolute Gasteiger partial charge is 0.435 e. The van der Waals surface area contributed by atoms with Gasteiger partial charge in [-0.3, -0.25) is 19.7 Å². The van der Waals surface area contributed by atoms with E-state index in [4.69, 9.17) is 11.6 Å². The minimum absolute atomic E-state index is 0.0734. The number of nitrogens with zero attached hydrogens (tertiary/aromatic N) is 6. The first-order valence-corrected chi connectivity index (χ1v) is 13.2. The summed E-state index contributed by atoms with van der Waals surface area (Å²) in [4.78, 5) is 43.8. The second kappa shape index (κ2) is 10.5. The maximum atomic E-state index is 13.9. The molecule has 222 valence electrons. The lowest BCUT2D eigenvalue weighted by Crippen LogP contribution is -2.32. The molecule has 1 aliphatic carbocycles. The number of benzene rings is 1. The standard InChI is InChI=1S/C26H21ClF3N9O4/c1-37-19(17-11-38(36-22(17)26(28,29)30)20-5-3-13(7-32-20)39(42)43)10-33-23(37)25(41)34-12-2-4-14(18(27)6-12)24(40)35-21-15-8-31-9-16(15)21/h2-7,10-11,15-16,21,31H,8-9H2,1H3,(H,34,41)(H,35,40). The minimum Gasteiger partial charge on any atom is -0.349 e. The number of hydrogen-bond donors (Lipinski definition) is 3. The van der Waals surface area contributed by atoms with Crippen molar-refractivity contribution in [1.29, 1.82) is 0 Å². The van der Waals surface area contributed by atoms with Crippen molar-refractivity contribution < 1.29 is 27.7 Å². The first-order chi connectivity index (χ1) is 20.4. The van der Waals surface area contributed by atoms with E-state index in [1.165, 1.54) is 29.8 Å². The van der Waals surface area contributed by atoms with Crippen LogP contribution in [0.1, 0.15) is 26.7 Å². The number of fused-ring (bicyclic) bond motifs is 1. The van der Waals surface area contributed by atoms with E-state index in [9.17, 15) is 32.9 Å². The summed E-state index contributed by atoms with van der Waals surface area (Å²) in [7, 11) is 1.36. The molecular weight excluding hydrogens is 595 g/mol. The number of halogens is 4. The van der Waals surface area contributed by atoms with Gasteiger partial charge in [-0.05, 0) is 36.1 Å². The van der Waals surface area contributed by atoms with E-state index in [0.717, 1.165) is 48.5 Å². The fourth-order valence-corrected chi connectivity index (χ4v) is 5.47. The number of nitrogens with one attached hydrogen (secondary N) is 3. The molecule has 2 aliphatic rings. The molecule has 6 rings (SSSR count). The predicted octanol–water partition coefficient (Wildman–Crippen LogP) is 3.45. The van der Waals surface area contributed by atoms with Crippen LogP contribution in [0.25, 0.3) is 17.1 Å². The van der Waals surface area contributed by atoms with Crippen molar-refractivity contribution in [2.75, 3.05) is 18.4 Å². The number of nitro groups is 1. The molecule has 13 nitrogen and oxygen atoms in total. The van der Waals surface area contributed by atoms with Gasteiger partial charge in [0, 0.05) is 44.1 Å². The van der Waals surface area contributed by atoms with Gasteiger partial charge < -0.3 is 20.5 Å². The maximum Gasteiger partial charge on any atom is 0.435 e. The lowest BCUT2D eigenvalue weighted by molar-refractivity contribution is -0.385. The van der Waals surface area contributed by atoms with Gasteiger partial charge >= 0.3 is 6.18 Å². The first kappa shape index (κ1) is 28.3. The van der Waals surface area contributed by atoms with E-state index >= 15 is 0 Å². The van der Waals surface area contributed by atoms with Crippen molar-refractivity contribution in [3.8, 4) is 17.1 Å². The van der Waals surface area contributed by atoms with Gasteiger partial charge in [-0.1, -0.05) is 11.6 Å². The van der Waals surface area contributed by atoms with Crippen LogP contribution in [0.2, 0.25) is 5.02 Å². The average molecular weight is 616 g/mol. The van der Waals surface area contributed by atoms with Crippen LogP contribution < -0.4 is 16.0 Å². The Kier molecular flexibility index (Phi) is 6.89. The predicted molar refractivity (Wildman–Crippen MR) is 146 cm³/mol. The highest BCUT2D eigenvalue weighted by molar-refractivity contribution is 6.34. The Morgan fingerprint density at radius 3 is 2.49 bits per heavy atom. The zero-order valence-electron chi connectivity index (χ0n) is 22.1. The summed E-state index contributed by atoms with van der Waals surface area (Å²) < 4.78 is 43.8. The van der Waals surface area contributed by atoms with E-state index in [2.05, 4.69) is 31.0 Å². The number of imidazole rings is 1. The van der Waals surface area contributed by atoms with Gasteiger partial charge in [-0.2, -0.15) is 18.3 Å². The lowest BCUT2D eigenvalue weighted by Gasteiger charge is -2.11. The highest BCUT2D eigenvalue weighted by Gasteiger charge is 2.53. The second-order valence-electron chi connectivity index (χ2n) is 10.1. The van der Waals surface area contributed by atoms with Gasteiger partial charge in [0.05, 0.1) is 33.0 Å². The second-order valence-corrected chi connectivity index (χ2v) is 10.5. The van der Waals surface area contributed by atoms with E-state index in [1.54, 1.807) is 0 Å². The van der Waals surface area contributed by atoms with Gasteiger partial charge in [0.15, 0.2) is 17.3 Å². The third kappa shape index (κ3) is 5.30. The molecule has 2 unspecified atom stereocenters. The molecule has 0 bridgehead atoms. The number of aromatic nitrogens is 5. The molecule has 0 radical (unpaired) electrons. The van der Waals surface area contributed by atoms with Crippen molar-refractivity contribution in [3.63, 3.8) is 0 Å². The van der Waals surface area contributed by atoms with Crippen LogP contribution in [0.15, 0.2) is 48.9 Å². The van der Waals surface area contributed by atoms with Gasteiger partial charge in [-0.15, -0.1) is 0 Å². The molecule has 17 heteroatoms. The molecule has 4 aromatic rings. The number of piperidine rings is 1. The zero-order chi connectivity index (χ0) is 30.6. The SMILES string of the molecule is Cn1c(-c2cn(-c3ccc([N+](=O)[O-])cn3)nc2C(F)(F)F)cnc1C(=O)Nc1ccc(C(=O)NC2C3CNCC32)c(Cl)c1. The minimum atomic E-state index is -4.88. The summed E-state index contributed by atoms with van der Waals surface area (Å²) in [5, 5.41) is 23.4. The van der Waals surface area contributed by atoms with Crippen LogP contribution >= 0.6 is 11.6 Å². The molecule has 43 heavy (non-hydrogen) atoms. The fraction of sp³-hybridized carbons (Fsp3) is 0.269. The normalized spacial score (nSPS) is 19.1. The van der Waals surface area contributed by atoms with E-state index in [1.807, 2.05) is 0 Å². The van der Waals surface area contributed by atoms with Crippen LogP contribution in [0.3, 0.4) is 0 Å². The Balaban J connectivity index is 1.21. The third-order valence-electron chi connectivity index (χ3n) is 7.49. The van der Waals surface area contributed by atoms with Crippen molar-refractivity contribution >= 4 is 34.8 Å². The molecule has 3 N–H and O–H groups in total. The van der Waals surface area contributed by atoms with E-state index in [0.29, 0.717) is 11.8 Å². The summed E-state index contributed by atoms with van der Waals surface area (Å²) >= 11 is 6.33. The molecule has 0 spiro atoms. The van der Waals surface area contributed by atoms with Crippen molar-refractivity contribution in [2.24, 2.45) is 18.9 Å². The van der Waals surface area contributed by atoms with Crippen LogP contribution in [0.4, 0.5) is 24.5 Å². The summed E-state index contributed by atoms with van der Waals surface area (Å²) in [6.07, 6.45) is -1.84. The van der Waals surface area contributed by atoms with Crippen LogP contribution in [-0.2, 0) is 13.2 Å². The molecule has 1 saturated carbocycles. The average Bonchev–Trinajstić information content (AvgIpc) is 3.41. The zero-order valence-corrected chi connectivity index (χ0v) is 22.8. The first-order valence-electron chi connectivity index (χ1n) is 12.8. The molecule has 1 aliphatic heterocycles. The van der Waals surface area contributed by atoms with Gasteiger partial charge in [0.2, 0.25) is 0 Å². The molecular formula is C26H21ClF3N9O4. The van der Waals surface area contributed by atoms with Crippen molar-refractivity contribution in [1.82, 2.24) is 34.9 Å². The van der Waals surface area contributed by atoms with E-state index < -0.39 is 28.3 Å². The summed E-state index contributed by atoms with van der Waals surface area (Å²) in [6, 6.07) is 6.72. The number of hydrogen-bond acceptors (Lipinski definition) is 8. The van der Waals surface area contributed by atoms with Crippen molar-refractivity contribution in [2.45, 2.75) is 12.2 Å². The highest BCUT2D eigenvalue weighted by atomic mass is 35.5. The summed E-state index contributed by atoms with van der Waals surface area (Å²) in [5.74, 6) is -0.516. The fourth-order valence-electron chi connectivity index (χ4n) is 5.21. The molecule has 4 heterocycles. The molecule has 1 aromatic carbocycles. The summed E-state index contributed by atoms with van der Waals surface area (Å²) in [6.45, 7) is 1.72. The highest BCUT2D eigenvalue weighted by Crippen LogP contribution is 2.42. The monoisotopic (exact) mass is 615 g/mol. The smallest absolute Gasteiger partial charge is 0.349 e. The maximum absolute atomic E-state index is 13.9. The molecule has 2 fully saturated rings.